The van der Waals surface area contributed by atoms with Crippen LogP contribution in [0.2, 0.25) is 0 Å². The first-order valence-electron chi connectivity index (χ1n) is 6.90. The molecule has 20 heavy (non-hydrogen) atoms. The molecule has 0 bridgehead atoms. The summed E-state index contributed by atoms with van der Waals surface area (Å²) in [5.74, 6) is -0.419. The number of carbonyl (C=O) groups excluding carboxylic acids is 1. The highest BCUT2D eigenvalue weighted by Crippen LogP contribution is 2.23. The Kier molecular flexibility index (Phi) is 4.73. The molecule has 0 atom stereocenters. The van der Waals surface area contributed by atoms with Crippen LogP contribution in [0.25, 0.3) is 0 Å². The first kappa shape index (κ1) is 14.5. The average Bonchev–Trinajstić information content (AvgIpc) is 2.44. The van der Waals surface area contributed by atoms with E-state index >= 15 is 0 Å². The quantitative estimate of drug-likeness (QED) is 0.725. The topological polar surface area (TPSA) is 112 Å². The third-order valence-electron chi connectivity index (χ3n) is 3.60. The van der Waals surface area contributed by atoms with Gasteiger partial charge < -0.3 is 15.7 Å². The highest BCUT2D eigenvalue weighted by Gasteiger charge is 2.27. The van der Waals surface area contributed by atoms with Crippen LogP contribution in [0.1, 0.15) is 42.6 Å². The predicted molar refractivity (Wildman–Crippen MR) is 74.3 cm³/mol. The van der Waals surface area contributed by atoms with Crippen molar-refractivity contribution in [1.82, 2.24) is 14.9 Å². The molecule has 1 aromatic rings. The van der Waals surface area contributed by atoms with E-state index in [1.165, 1.54) is 6.42 Å². The number of hydrogen-bond acceptors (Lipinski definition) is 5. The molecule has 1 amide bonds. The molecular formula is C13H20N4O3. The number of aromatic amines is 1. The van der Waals surface area contributed by atoms with Gasteiger partial charge in [-0.2, -0.15) is 0 Å². The Morgan fingerprint density at radius 3 is 2.75 bits per heavy atom. The second kappa shape index (κ2) is 6.51. The van der Waals surface area contributed by atoms with Crippen LogP contribution >= 0.6 is 0 Å². The van der Waals surface area contributed by atoms with E-state index in [1.807, 2.05) is 0 Å². The third-order valence-corrected chi connectivity index (χ3v) is 3.60. The summed E-state index contributed by atoms with van der Waals surface area (Å²) in [4.78, 5) is 31.7. The second-order valence-electron chi connectivity index (χ2n) is 5.03. The maximum atomic E-state index is 12.5. The molecule has 110 valence electrons. The van der Waals surface area contributed by atoms with E-state index < -0.39 is 5.56 Å². The highest BCUT2D eigenvalue weighted by molar-refractivity contribution is 5.92. The van der Waals surface area contributed by atoms with Crippen molar-refractivity contribution < 1.29 is 9.90 Å². The molecule has 1 aromatic heterocycles. The molecule has 0 radical (unpaired) electrons. The molecular weight excluding hydrogens is 260 g/mol. The Morgan fingerprint density at radius 1 is 1.45 bits per heavy atom. The van der Waals surface area contributed by atoms with Crippen molar-refractivity contribution in [2.45, 2.75) is 38.1 Å². The number of aliphatic hydroxyl groups excluding tert-OH is 1. The number of nitrogens with zero attached hydrogens (tertiary/aromatic N) is 2. The number of anilines is 1. The van der Waals surface area contributed by atoms with Gasteiger partial charge in [-0.3, -0.25) is 14.6 Å². The minimum atomic E-state index is -0.451. The summed E-state index contributed by atoms with van der Waals surface area (Å²) in [6, 6.07) is 1.25. The van der Waals surface area contributed by atoms with Crippen LogP contribution in [-0.2, 0) is 0 Å². The van der Waals surface area contributed by atoms with E-state index in [4.69, 9.17) is 10.8 Å². The van der Waals surface area contributed by atoms with E-state index in [2.05, 4.69) is 9.97 Å². The third kappa shape index (κ3) is 3.36. The lowest BCUT2D eigenvalue weighted by atomic mass is 9.94. The number of aliphatic hydroxyl groups is 1. The highest BCUT2D eigenvalue weighted by atomic mass is 16.3. The molecule has 1 fully saturated rings. The fourth-order valence-corrected chi connectivity index (χ4v) is 2.68. The van der Waals surface area contributed by atoms with Crippen LogP contribution < -0.4 is 11.3 Å². The molecule has 1 saturated carbocycles. The predicted octanol–water partition coefficient (Wildman–Crippen LogP) is 0.119. The van der Waals surface area contributed by atoms with Crippen molar-refractivity contribution in [1.29, 1.82) is 0 Å². The number of hydrogen-bond donors (Lipinski definition) is 3. The molecule has 4 N–H and O–H groups in total. The van der Waals surface area contributed by atoms with Crippen molar-refractivity contribution in [3.05, 3.63) is 22.1 Å². The molecule has 0 spiro atoms. The molecule has 2 rings (SSSR count). The molecule has 0 aromatic carbocycles. The van der Waals surface area contributed by atoms with Crippen molar-refractivity contribution >= 4 is 11.9 Å². The molecule has 7 heteroatoms. The van der Waals surface area contributed by atoms with E-state index in [0.29, 0.717) is 0 Å². The van der Waals surface area contributed by atoms with E-state index in [1.54, 1.807) is 4.90 Å². The first-order valence-corrected chi connectivity index (χ1v) is 6.90. The lowest BCUT2D eigenvalue weighted by Crippen LogP contribution is -2.43. The maximum absolute atomic E-state index is 12.5. The number of carbonyl (C=O) groups is 1. The summed E-state index contributed by atoms with van der Waals surface area (Å²) in [5.41, 5.74) is 5.05. The van der Waals surface area contributed by atoms with Crippen molar-refractivity contribution in [2.75, 3.05) is 18.9 Å². The Balaban J connectivity index is 2.23. The molecule has 1 aliphatic carbocycles. The van der Waals surface area contributed by atoms with Gasteiger partial charge in [-0.25, -0.2) is 4.98 Å². The van der Waals surface area contributed by atoms with Gasteiger partial charge in [0.15, 0.2) is 0 Å². The van der Waals surface area contributed by atoms with Gasteiger partial charge in [0.25, 0.3) is 11.5 Å². The van der Waals surface area contributed by atoms with Gasteiger partial charge in [0, 0.05) is 18.7 Å². The van der Waals surface area contributed by atoms with Crippen molar-refractivity contribution in [2.24, 2.45) is 0 Å². The van der Waals surface area contributed by atoms with Crippen LogP contribution in [0, 0.1) is 0 Å². The molecule has 7 nitrogen and oxygen atoms in total. The summed E-state index contributed by atoms with van der Waals surface area (Å²) in [5, 5.41) is 9.17. The van der Waals surface area contributed by atoms with Crippen LogP contribution in [-0.4, -0.2) is 45.1 Å². The minimum absolute atomic E-state index is 0.0327. The van der Waals surface area contributed by atoms with Gasteiger partial charge in [-0.15, -0.1) is 0 Å². The molecule has 0 unspecified atom stereocenters. The van der Waals surface area contributed by atoms with Gasteiger partial charge in [-0.05, 0) is 12.8 Å². The van der Waals surface area contributed by atoms with E-state index in [0.717, 1.165) is 31.7 Å². The Labute approximate surface area is 116 Å². The summed E-state index contributed by atoms with van der Waals surface area (Å²) in [7, 11) is 0. The zero-order valence-electron chi connectivity index (χ0n) is 11.3. The monoisotopic (exact) mass is 280 g/mol. The maximum Gasteiger partial charge on any atom is 0.273 e. The Morgan fingerprint density at radius 2 is 2.15 bits per heavy atom. The molecule has 1 aliphatic rings. The molecule has 0 aliphatic heterocycles. The normalized spacial score (nSPS) is 16.1. The summed E-state index contributed by atoms with van der Waals surface area (Å²) in [6.45, 7) is 0.138. The fraction of sp³-hybridized carbons (Fsp3) is 0.615. The standard InChI is InChI=1S/C13H20N4O3/c14-13-15-10(8-11(19)16-13)12(20)17(6-7-18)9-4-2-1-3-5-9/h8-9,18H,1-7H2,(H3,14,15,16,19). The second-order valence-corrected chi connectivity index (χ2v) is 5.03. The summed E-state index contributed by atoms with van der Waals surface area (Å²) < 4.78 is 0. The number of amides is 1. The fourth-order valence-electron chi connectivity index (χ4n) is 2.68. The smallest absolute Gasteiger partial charge is 0.273 e. The number of H-pyrrole nitrogens is 1. The average molecular weight is 280 g/mol. The van der Waals surface area contributed by atoms with Gasteiger partial charge in [-0.1, -0.05) is 19.3 Å². The van der Waals surface area contributed by atoms with Crippen LogP contribution in [0.3, 0.4) is 0 Å². The van der Waals surface area contributed by atoms with Gasteiger partial charge in [0.05, 0.1) is 6.61 Å². The van der Waals surface area contributed by atoms with Crippen molar-refractivity contribution in [3.8, 4) is 0 Å². The lowest BCUT2D eigenvalue weighted by Gasteiger charge is -2.33. The van der Waals surface area contributed by atoms with Crippen LogP contribution in [0.15, 0.2) is 10.9 Å². The number of nitrogens with two attached hydrogens (primary N) is 1. The SMILES string of the molecule is Nc1nc(C(=O)N(CCO)C2CCCCC2)cc(=O)[nH]1. The number of aromatic nitrogens is 2. The Bertz CT molecular complexity index is 523. The number of nitrogen functional groups attached to an aromatic ring is 1. The van der Waals surface area contributed by atoms with Gasteiger partial charge in [0.2, 0.25) is 5.95 Å². The van der Waals surface area contributed by atoms with Gasteiger partial charge >= 0.3 is 0 Å². The summed E-state index contributed by atoms with van der Waals surface area (Å²) in [6.07, 6.45) is 5.16. The minimum Gasteiger partial charge on any atom is -0.395 e. The first-order chi connectivity index (χ1) is 9.61. The molecule has 1 heterocycles. The number of nitrogens with one attached hydrogen (secondary N) is 1. The lowest BCUT2D eigenvalue weighted by molar-refractivity contribution is 0.0579. The Hall–Kier alpha value is -1.89. The largest absolute Gasteiger partial charge is 0.395 e. The van der Waals surface area contributed by atoms with E-state index in [-0.39, 0.29) is 36.7 Å². The van der Waals surface area contributed by atoms with Crippen LogP contribution in [0.5, 0.6) is 0 Å². The zero-order valence-corrected chi connectivity index (χ0v) is 11.3. The number of rotatable bonds is 4. The van der Waals surface area contributed by atoms with Crippen LogP contribution in [0.4, 0.5) is 5.95 Å². The van der Waals surface area contributed by atoms with Crippen molar-refractivity contribution in [3.63, 3.8) is 0 Å². The molecule has 0 saturated heterocycles. The van der Waals surface area contributed by atoms with Gasteiger partial charge in [0.1, 0.15) is 5.69 Å². The van der Waals surface area contributed by atoms with E-state index in [9.17, 15) is 9.59 Å². The summed E-state index contributed by atoms with van der Waals surface area (Å²) >= 11 is 0. The zero-order chi connectivity index (χ0) is 14.5.